The zero-order valence-electron chi connectivity index (χ0n) is 14.6. The predicted molar refractivity (Wildman–Crippen MR) is 99.5 cm³/mol. The minimum Gasteiger partial charge on any atom is -0.348 e. The number of hydrogen-bond donors (Lipinski definition) is 2. The maximum Gasteiger partial charge on any atom is 0.272 e. The molecule has 2 aromatic carbocycles. The van der Waals surface area contributed by atoms with Crippen molar-refractivity contribution in [2.45, 2.75) is 18.9 Å². The lowest BCUT2D eigenvalue weighted by molar-refractivity contribution is 0.0913. The van der Waals surface area contributed by atoms with Crippen molar-refractivity contribution in [2.24, 2.45) is 0 Å². The van der Waals surface area contributed by atoms with Crippen molar-refractivity contribution in [3.8, 4) is 11.1 Å². The average Bonchev–Trinajstić information content (AvgIpc) is 3.07. The van der Waals surface area contributed by atoms with Gasteiger partial charge >= 0.3 is 0 Å². The first-order valence-electron chi connectivity index (χ1n) is 8.83. The van der Waals surface area contributed by atoms with Crippen molar-refractivity contribution < 1.29 is 9.18 Å². The number of carbonyl (C=O) groups is 1. The van der Waals surface area contributed by atoms with Gasteiger partial charge in [-0.15, -0.1) is 0 Å². The fraction of sp³-hybridized carbons (Fsp3) is 0.300. The van der Waals surface area contributed by atoms with Crippen LogP contribution in [0.25, 0.3) is 22.0 Å². The molecule has 0 bridgehead atoms. The number of aromatic nitrogens is 2. The molecule has 4 rings (SSSR count). The van der Waals surface area contributed by atoms with Crippen LogP contribution in [0.2, 0.25) is 0 Å². The average molecular weight is 352 g/mol. The number of amides is 1. The third kappa shape index (κ3) is 3.32. The summed E-state index contributed by atoms with van der Waals surface area (Å²) in [6.07, 6.45) is 1.90. The first-order valence-corrected chi connectivity index (χ1v) is 8.83. The highest BCUT2D eigenvalue weighted by Gasteiger charge is 2.21. The minimum atomic E-state index is -0.267. The molecule has 1 aliphatic rings. The van der Waals surface area contributed by atoms with E-state index in [4.69, 9.17) is 0 Å². The second-order valence-electron chi connectivity index (χ2n) is 6.89. The van der Waals surface area contributed by atoms with Crippen molar-refractivity contribution in [3.05, 3.63) is 54.0 Å². The number of piperidine rings is 1. The summed E-state index contributed by atoms with van der Waals surface area (Å²) in [6, 6.07) is 12.3. The van der Waals surface area contributed by atoms with Gasteiger partial charge in [0.15, 0.2) is 5.69 Å². The van der Waals surface area contributed by atoms with Gasteiger partial charge in [-0.2, -0.15) is 5.10 Å². The molecule has 26 heavy (non-hydrogen) atoms. The van der Waals surface area contributed by atoms with Crippen LogP contribution in [-0.2, 0) is 0 Å². The van der Waals surface area contributed by atoms with Crippen LogP contribution >= 0.6 is 0 Å². The zero-order valence-corrected chi connectivity index (χ0v) is 14.6. The number of carbonyl (C=O) groups excluding carboxylic acids is 1. The standard InChI is InChI=1S/C20H21FN4O/c1-25-10-8-16(9-11-25)22-20(26)19-17-12-14(4-7-18(17)23-24-19)13-2-5-15(21)6-3-13/h2-7,12,16H,8-11H2,1H3,(H,22,26)(H,23,24). The maximum absolute atomic E-state index is 13.2. The second-order valence-corrected chi connectivity index (χ2v) is 6.89. The number of rotatable bonds is 3. The van der Waals surface area contributed by atoms with Crippen LogP contribution in [0.15, 0.2) is 42.5 Å². The molecular weight excluding hydrogens is 331 g/mol. The highest BCUT2D eigenvalue weighted by Crippen LogP contribution is 2.26. The van der Waals surface area contributed by atoms with Gasteiger partial charge in [-0.05, 0) is 68.4 Å². The number of hydrogen-bond acceptors (Lipinski definition) is 3. The second kappa shape index (κ2) is 6.88. The molecule has 2 N–H and O–H groups in total. The molecule has 0 aliphatic carbocycles. The Hall–Kier alpha value is -2.73. The van der Waals surface area contributed by atoms with Gasteiger partial charge in [0.05, 0.1) is 5.52 Å². The van der Waals surface area contributed by atoms with Crippen LogP contribution in [-0.4, -0.2) is 47.2 Å². The molecule has 1 aromatic heterocycles. The molecule has 5 nitrogen and oxygen atoms in total. The lowest BCUT2D eigenvalue weighted by Crippen LogP contribution is -2.43. The predicted octanol–water partition coefficient (Wildman–Crippen LogP) is 3.19. The summed E-state index contributed by atoms with van der Waals surface area (Å²) in [6.45, 7) is 1.97. The van der Waals surface area contributed by atoms with Crippen molar-refractivity contribution in [3.63, 3.8) is 0 Å². The zero-order chi connectivity index (χ0) is 18.1. The molecule has 1 amide bonds. The highest BCUT2D eigenvalue weighted by molar-refractivity contribution is 6.05. The van der Waals surface area contributed by atoms with E-state index in [9.17, 15) is 9.18 Å². The van der Waals surface area contributed by atoms with E-state index in [2.05, 4.69) is 27.5 Å². The fourth-order valence-electron chi connectivity index (χ4n) is 3.42. The smallest absolute Gasteiger partial charge is 0.272 e. The van der Waals surface area contributed by atoms with E-state index in [1.54, 1.807) is 12.1 Å². The van der Waals surface area contributed by atoms with Gasteiger partial charge in [-0.1, -0.05) is 18.2 Å². The summed E-state index contributed by atoms with van der Waals surface area (Å²) >= 11 is 0. The summed E-state index contributed by atoms with van der Waals surface area (Å²) < 4.78 is 13.2. The molecule has 1 saturated heterocycles. The summed E-state index contributed by atoms with van der Waals surface area (Å²) in [4.78, 5) is 15.0. The number of nitrogens with one attached hydrogen (secondary N) is 2. The topological polar surface area (TPSA) is 61.0 Å². The molecule has 6 heteroatoms. The summed E-state index contributed by atoms with van der Waals surface area (Å²) in [5, 5.41) is 11.0. The lowest BCUT2D eigenvalue weighted by atomic mass is 10.0. The van der Waals surface area contributed by atoms with E-state index in [1.807, 2.05) is 18.2 Å². The summed E-state index contributed by atoms with van der Waals surface area (Å²) in [7, 11) is 2.09. The number of benzene rings is 2. The summed E-state index contributed by atoms with van der Waals surface area (Å²) in [5.74, 6) is -0.418. The SMILES string of the molecule is CN1CCC(NC(=O)c2n[nH]c3ccc(-c4ccc(F)cc4)cc23)CC1. The van der Waals surface area contributed by atoms with Crippen LogP contribution in [0.3, 0.4) is 0 Å². The van der Waals surface area contributed by atoms with Crippen molar-refractivity contribution >= 4 is 16.8 Å². The largest absolute Gasteiger partial charge is 0.348 e. The molecule has 1 aliphatic heterocycles. The molecular formula is C20H21FN4O. The molecule has 3 aromatic rings. The molecule has 0 unspecified atom stereocenters. The van der Waals surface area contributed by atoms with Crippen LogP contribution in [0.4, 0.5) is 4.39 Å². The van der Waals surface area contributed by atoms with Gasteiger partial charge in [-0.3, -0.25) is 9.89 Å². The number of halogens is 1. The van der Waals surface area contributed by atoms with Crippen LogP contribution in [0.5, 0.6) is 0 Å². The molecule has 1 fully saturated rings. The summed E-state index contributed by atoms with van der Waals surface area (Å²) in [5.41, 5.74) is 3.04. The lowest BCUT2D eigenvalue weighted by Gasteiger charge is -2.29. The van der Waals surface area contributed by atoms with Crippen molar-refractivity contribution in [1.82, 2.24) is 20.4 Å². The molecule has 0 radical (unpaired) electrons. The molecule has 0 spiro atoms. The molecule has 0 saturated carbocycles. The van der Waals surface area contributed by atoms with Gasteiger partial charge in [0.1, 0.15) is 5.82 Å². The Morgan fingerprint density at radius 2 is 1.85 bits per heavy atom. The monoisotopic (exact) mass is 352 g/mol. The van der Waals surface area contributed by atoms with Gasteiger partial charge in [-0.25, -0.2) is 4.39 Å². The van der Waals surface area contributed by atoms with Crippen molar-refractivity contribution in [1.29, 1.82) is 0 Å². The van der Waals surface area contributed by atoms with E-state index in [-0.39, 0.29) is 17.8 Å². The van der Waals surface area contributed by atoms with E-state index < -0.39 is 0 Å². The highest BCUT2D eigenvalue weighted by atomic mass is 19.1. The quantitative estimate of drug-likeness (QED) is 0.761. The Kier molecular flexibility index (Phi) is 4.42. The molecule has 2 heterocycles. The number of fused-ring (bicyclic) bond motifs is 1. The fourth-order valence-corrected chi connectivity index (χ4v) is 3.42. The molecule has 134 valence electrons. The van der Waals surface area contributed by atoms with Gasteiger partial charge in [0, 0.05) is 11.4 Å². The third-order valence-electron chi connectivity index (χ3n) is 5.01. The van der Waals surface area contributed by atoms with Crippen LogP contribution in [0.1, 0.15) is 23.3 Å². The van der Waals surface area contributed by atoms with Crippen molar-refractivity contribution in [2.75, 3.05) is 20.1 Å². The van der Waals surface area contributed by atoms with Gasteiger partial charge in [0.25, 0.3) is 5.91 Å². The van der Waals surface area contributed by atoms with E-state index in [0.29, 0.717) is 5.69 Å². The Morgan fingerprint density at radius 1 is 1.15 bits per heavy atom. The Morgan fingerprint density at radius 3 is 2.58 bits per heavy atom. The van der Waals surface area contributed by atoms with Gasteiger partial charge < -0.3 is 10.2 Å². The normalized spacial score (nSPS) is 16.1. The Labute approximate surface area is 151 Å². The maximum atomic E-state index is 13.2. The molecule has 0 atom stereocenters. The number of nitrogens with zero attached hydrogens (tertiary/aromatic N) is 2. The van der Waals surface area contributed by atoms with Crippen LogP contribution < -0.4 is 5.32 Å². The first kappa shape index (κ1) is 16.7. The Bertz CT molecular complexity index is 927. The Balaban J connectivity index is 1.60. The van der Waals surface area contributed by atoms with Crippen LogP contribution in [0, 0.1) is 5.82 Å². The first-order chi connectivity index (χ1) is 12.6. The van der Waals surface area contributed by atoms with E-state index in [1.165, 1.54) is 12.1 Å². The minimum absolute atomic E-state index is 0.151. The van der Waals surface area contributed by atoms with E-state index in [0.717, 1.165) is 48.0 Å². The number of H-pyrrole nitrogens is 1. The third-order valence-corrected chi connectivity index (χ3v) is 5.01. The number of aromatic amines is 1. The van der Waals surface area contributed by atoms with E-state index >= 15 is 0 Å². The number of likely N-dealkylation sites (tertiary alicyclic amines) is 1. The van der Waals surface area contributed by atoms with Gasteiger partial charge in [0.2, 0.25) is 0 Å².